The number of H-pyrrole nitrogens is 1. The highest BCUT2D eigenvalue weighted by Gasteiger charge is 2.16. The summed E-state index contributed by atoms with van der Waals surface area (Å²) in [6, 6.07) is 13.6. The number of ether oxygens (including phenoxy) is 3. The number of fused-ring (bicyclic) bond motifs is 2. The number of aromatic nitrogens is 2. The highest BCUT2D eigenvalue weighted by molar-refractivity contribution is 5.80. The summed E-state index contributed by atoms with van der Waals surface area (Å²) in [5.41, 5.74) is 1.84. The Hall–Kier alpha value is -2.69. The lowest BCUT2D eigenvalue weighted by molar-refractivity contribution is 0.174. The fourth-order valence-corrected chi connectivity index (χ4v) is 2.35. The number of nitrogens with zero attached hydrogens (tertiary/aromatic N) is 1. The van der Waals surface area contributed by atoms with Crippen LogP contribution in [0.1, 0.15) is 5.82 Å². The summed E-state index contributed by atoms with van der Waals surface area (Å²) in [6.45, 7) is 0.857. The molecule has 0 spiro atoms. The first-order valence-electron chi connectivity index (χ1n) is 6.84. The molecule has 21 heavy (non-hydrogen) atoms. The summed E-state index contributed by atoms with van der Waals surface area (Å²) >= 11 is 0. The molecular weight excluding hydrogens is 268 g/mol. The van der Waals surface area contributed by atoms with Gasteiger partial charge in [0.2, 0.25) is 6.79 Å². The van der Waals surface area contributed by atoms with Gasteiger partial charge in [0.05, 0.1) is 17.6 Å². The number of imidazole rings is 1. The maximum atomic E-state index is 5.68. The smallest absolute Gasteiger partial charge is 0.231 e. The lowest BCUT2D eigenvalue weighted by atomic mass is 10.3. The van der Waals surface area contributed by atoms with Gasteiger partial charge in [0, 0.05) is 18.6 Å². The molecule has 5 nitrogen and oxygen atoms in total. The van der Waals surface area contributed by atoms with Gasteiger partial charge in [-0.25, -0.2) is 4.98 Å². The number of nitrogens with one attached hydrogen (secondary N) is 1. The number of hydrogen-bond acceptors (Lipinski definition) is 4. The lowest BCUT2D eigenvalue weighted by Crippen LogP contribution is -2.02. The van der Waals surface area contributed by atoms with Gasteiger partial charge in [-0.1, -0.05) is 18.2 Å². The predicted octanol–water partition coefficient (Wildman–Crippen LogP) is 2.91. The van der Waals surface area contributed by atoms with Gasteiger partial charge in [-0.15, -0.1) is 0 Å². The van der Waals surface area contributed by atoms with E-state index in [1.54, 1.807) is 0 Å². The van der Waals surface area contributed by atoms with Crippen molar-refractivity contribution in [3.63, 3.8) is 0 Å². The fraction of sp³-hybridized carbons (Fsp3) is 0.188. The summed E-state index contributed by atoms with van der Waals surface area (Å²) in [4.78, 5) is 7.84. The largest absolute Gasteiger partial charge is 0.493 e. The Balaban J connectivity index is 1.47. The SMILES string of the molecule is c1ccc(OCCc2nc3cc4c(cc3[nH]2)OCO4)cc1. The average molecular weight is 282 g/mol. The zero-order chi connectivity index (χ0) is 14.1. The van der Waals surface area contributed by atoms with Crippen molar-refractivity contribution in [2.75, 3.05) is 13.4 Å². The van der Waals surface area contributed by atoms with Crippen molar-refractivity contribution in [2.45, 2.75) is 6.42 Å². The van der Waals surface area contributed by atoms with Gasteiger partial charge in [-0.3, -0.25) is 0 Å². The Labute approximate surface area is 121 Å². The van der Waals surface area contributed by atoms with Crippen LogP contribution < -0.4 is 14.2 Å². The predicted molar refractivity (Wildman–Crippen MR) is 77.9 cm³/mol. The van der Waals surface area contributed by atoms with Crippen LogP contribution in [0.15, 0.2) is 42.5 Å². The fourth-order valence-electron chi connectivity index (χ4n) is 2.35. The Bertz CT molecular complexity index is 727. The van der Waals surface area contributed by atoms with E-state index in [0.29, 0.717) is 6.61 Å². The van der Waals surface area contributed by atoms with Crippen molar-refractivity contribution >= 4 is 11.0 Å². The van der Waals surface area contributed by atoms with Crippen LogP contribution >= 0.6 is 0 Å². The van der Waals surface area contributed by atoms with E-state index in [1.165, 1.54) is 0 Å². The molecule has 1 aromatic heterocycles. The first kappa shape index (κ1) is 12.1. The molecule has 0 unspecified atom stereocenters. The van der Waals surface area contributed by atoms with E-state index >= 15 is 0 Å². The molecule has 3 aromatic rings. The number of benzene rings is 2. The summed E-state index contributed by atoms with van der Waals surface area (Å²) in [7, 11) is 0. The molecular formula is C16H14N2O3. The Morgan fingerprint density at radius 2 is 1.90 bits per heavy atom. The van der Waals surface area contributed by atoms with Crippen molar-refractivity contribution in [1.29, 1.82) is 0 Å². The quantitative estimate of drug-likeness (QED) is 0.799. The van der Waals surface area contributed by atoms with Crippen LogP contribution in [0.4, 0.5) is 0 Å². The van der Waals surface area contributed by atoms with Crippen LogP contribution in [-0.2, 0) is 6.42 Å². The zero-order valence-corrected chi connectivity index (χ0v) is 11.3. The van der Waals surface area contributed by atoms with Crippen molar-refractivity contribution in [3.8, 4) is 17.2 Å². The van der Waals surface area contributed by atoms with Gasteiger partial charge < -0.3 is 19.2 Å². The third kappa shape index (κ3) is 2.38. The second-order valence-corrected chi connectivity index (χ2v) is 4.82. The molecule has 0 amide bonds. The first-order chi connectivity index (χ1) is 10.4. The first-order valence-corrected chi connectivity index (χ1v) is 6.84. The molecule has 5 heteroatoms. The summed E-state index contributed by atoms with van der Waals surface area (Å²) < 4.78 is 16.4. The van der Waals surface area contributed by atoms with Crippen LogP contribution in [0.25, 0.3) is 11.0 Å². The molecule has 0 saturated heterocycles. The molecule has 1 aliphatic heterocycles. The molecule has 0 radical (unpaired) electrons. The van der Waals surface area contributed by atoms with Crippen LogP contribution in [-0.4, -0.2) is 23.4 Å². The van der Waals surface area contributed by atoms with Crippen LogP contribution in [0.2, 0.25) is 0 Å². The van der Waals surface area contributed by atoms with E-state index < -0.39 is 0 Å². The minimum Gasteiger partial charge on any atom is -0.493 e. The van der Waals surface area contributed by atoms with E-state index in [4.69, 9.17) is 14.2 Å². The van der Waals surface area contributed by atoms with Gasteiger partial charge in [0.25, 0.3) is 0 Å². The summed E-state index contributed by atoms with van der Waals surface area (Å²) in [6.07, 6.45) is 0.718. The molecule has 1 aliphatic rings. The third-order valence-corrected chi connectivity index (χ3v) is 3.38. The molecule has 2 heterocycles. The molecule has 0 aliphatic carbocycles. The second-order valence-electron chi connectivity index (χ2n) is 4.82. The highest BCUT2D eigenvalue weighted by atomic mass is 16.7. The van der Waals surface area contributed by atoms with E-state index in [1.807, 2.05) is 42.5 Å². The van der Waals surface area contributed by atoms with Gasteiger partial charge in [0.15, 0.2) is 11.5 Å². The van der Waals surface area contributed by atoms with Crippen molar-refractivity contribution < 1.29 is 14.2 Å². The Morgan fingerprint density at radius 3 is 2.76 bits per heavy atom. The van der Waals surface area contributed by atoms with Crippen LogP contribution in [0.3, 0.4) is 0 Å². The van der Waals surface area contributed by atoms with Crippen molar-refractivity contribution in [3.05, 3.63) is 48.3 Å². The Morgan fingerprint density at radius 1 is 1.10 bits per heavy atom. The van der Waals surface area contributed by atoms with Crippen molar-refractivity contribution in [2.24, 2.45) is 0 Å². The van der Waals surface area contributed by atoms with Gasteiger partial charge in [0.1, 0.15) is 11.6 Å². The second kappa shape index (κ2) is 5.01. The van der Waals surface area contributed by atoms with Crippen molar-refractivity contribution in [1.82, 2.24) is 9.97 Å². The standard InChI is InChI=1S/C16H14N2O3/c1-2-4-11(5-3-1)19-7-6-16-17-12-8-14-15(21-10-20-14)9-13(12)18-16/h1-5,8-9H,6-7,10H2,(H,17,18). The lowest BCUT2D eigenvalue weighted by Gasteiger charge is -2.03. The normalized spacial score (nSPS) is 12.8. The minimum atomic E-state index is 0.277. The monoisotopic (exact) mass is 282 g/mol. The van der Waals surface area contributed by atoms with Gasteiger partial charge in [-0.05, 0) is 12.1 Å². The average Bonchev–Trinajstić information content (AvgIpc) is 3.11. The van der Waals surface area contributed by atoms with Gasteiger partial charge >= 0.3 is 0 Å². The number of para-hydroxylation sites is 1. The molecule has 0 fully saturated rings. The van der Waals surface area contributed by atoms with E-state index in [0.717, 1.165) is 40.5 Å². The number of hydrogen-bond donors (Lipinski definition) is 1. The topological polar surface area (TPSA) is 56.4 Å². The Kier molecular flexibility index (Phi) is 2.88. The number of rotatable bonds is 4. The summed E-state index contributed by atoms with van der Waals surface area (Å²) in [5.74, 6) is 3.28. The maximum Gasteiger partial charge on any atom is 0.231 e. The maximum absolute atomic E-state index is 5.68. The molecule has 106 valence electrons. The third-order valence-electron chi connectivity index (χ3n) is 3.38. The van der Waals surface area contributed by atoms with Crippen LogP contribution in [0.5, 0.6) is 17.2 Å². The molecule has 2 aromatic carbocycles. The number of aromatic amines is 1. The highest BCUT2D eigenvalue weighted by Crippen LogP contribution is 2.35. The van der Waals surface area contributed by atoms with E-state index in [-0.39, 0.29) is 6.79 Å². The molecule has 0 atom stereocenters. The minimum absolute atomic E-state index is 0.277. The molecule has 1 N–H and O–H groups in total. The zero-order valence-electron chi connectivity index (χ0n) is 11.3. The van der Waals surface area contributed by atoms with Gasteiger partial charge in [-0.2, -0.15) is 0 Å². The summed E-state index contributed by atoms with van der Waals surface area (Å²) in [5, 5.41) is 0. The molecule has 4 rings (SSSR count). The van der Waals surface area contributed by atoms with E-state index in [9.17, 15) is 0 Å². The van der Waals surface area contributed by atoms with Crippen LogP contribution in [0, 0.1) is 0 Å². The molecule has 0 saturated carbocycles. The van der Waals surface area contributed by atoms with E-state index in [2.05, 4.69) is 9.97 Å². The molecule has 0 bridgehead atoms.